The van der Waals surface area contributed by atoms with Crippen LogP contribution in [-0.2, 0) is 4.74 Å². The third-order valence-electron chi connectivity index (χ3n) is 3.98. The third-order valence-corrected chi connectivity index (χ3v) is 3.98. The molecule has 0 amide bonds. The largest absolute Gasteiger partial charge is 0.377 e. The molecular weight excluding hydrogens is 278 g/mol. The Labute approximate surface area is 131 Å². The van der Waals surface area contributed by atoms with Crippen molar-refractivity contribution in [3.63, 3.8) is 0 Å². The van der Waals surface area contributed by atoms with Crippen molar-refractivity contribution in [3.05, 3.63) is 18.3 Å². The van der Waals surface area contributed by atoms with E-state index in [9.17, 15) is 0 Å². The van der Waals surface area contributed by atoms with Gasteiger partial charge in [-0.1, -0.05) is 6.92 Å². The highest BCUT2D eigenvalue weighted by Crippen LogP contribution is 2.26. The van der Waals surface area contributed by atoms with E-state index in [-0.39, 0.29) is 6.04 Å². The monoisotopic (exact) mass is 301 g/mol. The Morgan fingerprint density at radius 2 is 2.27 bits per heavy atom. The smallest absolute Gasteiger partial charge is 0.229 e. The summed E-state index contributed by atoms with van der Waals surface area (Å²) in [4.78, 5) is 18.3. The summed E-state index contributed by atoms with van der Waals surface area (Å²) < 4.78 is 5.51. The van der Waals surface area contributed by atoms with Crippen molar-refractivity contribution in [2.75, 3.05) is 43.2 Å². The molecule has 1 aliphatic rings. The highest BCUT2D eigenvalue weighted by Gasteiger charge is 2.23. The molecule has 2 aromatic rings. The first-order chi connectivity index (χ1) is 10.7. The van der Waals surface area contributed by atoms with Crippen LogP contribution in [0.4, 0.5) is 11.8 Å². The van der Waals surface area contributed by atoms with Gasteiger partial charge in [-0.05, 0) is 25.5 Å². The third kappa shape index (κ3) is 2.83. The molecule has 6 nitrogen and oxygen atoms in total. The van der Waals surface area contributed by atoms with E-state index in [1.54, 1.807) is 6.20 Å². The number of aromatic nitrogens is 3. The molecule has 1 aliphatic heterocycles. The summed E-state index contributed by atoms with van der Waals surface area (Å²) in [7, 11) is 2.07. The van der Waals surface area contributed by atoms with E-state index in [1.807, 2.05) is 12.1 Å². The summed E-state index contributed by atoms with van der Waals surface area (Å²) in [5, 5.41) is 1.00. The van der Waals surface area contributed by atoms with Crippen molar-refractivity contribution in [2.24, 2.45) is 0 Å². The summed E-state index contributed by atoms with van der Waals surface area (Å²) in [5.41, 5.74) is 0.754. The fourth-order valence-corrected chi connectivity index (χ4v) is 2.82. The molecule has 0 aliphatic carbocycles. The van der Waals surface area contributed by atoms with Crippen LogP contribution < -0.4 is 9.80 Å². The van der Waals surface area contributed by atoms with E-state index in [0.717, 1.165) is 42.3 Å². The summed E-state index contributed by atoms with van der Waals surface area (Å²) in [6.45, 7) is 7.51. The summed E-state index contributed by atoms with van der Waals surface area (Å²) >= 11 is 0. The van der Waals surface area contributed by atoms with Gasteiger partial charge in [0.1, 0.15) is 5.82 Å². The summed E-state index contributed by atoms with van der Waals surface area (Å²) in [6, 6.07) is 4.25. The van der Waals surface area contributed by atoms with Crippen molar-refractivity contribution < 1.29 is 4.74 Å². The molecule has 118 valence electrons. The maximum atomic E-state index is 5.51. The zero-order chi connectivity index (χ0) is 15.5. The molecule has 0 bridgehead atoms. The SMILES string of the molecule is CCCN(C)c1nc(N2CCOC[C@H]2C)nc2ncccc12. The number of hydrogen-bond donors (Lipinski definition) is 0. The highest BCUT2D eigenvalue weighted by molar-refractivity contribution is 5.87. The van der Waals surface area contributed by atoms with Gasteiger partial charge in [0.25, 0.3) is 0 Å². The van der Waals surface area contributed by atoms with Crippen LogP contribution in [0.15, 0.2) is 18.3 Å². The number of ether oxygens (including phenoxy) is 1. The van der Waals surface area contributed by atoms with Crippen molar-refractivity contribution >= 4 is 22.8 Å². The molecule has 0 N–H and O–H groups in total. The van der Waals surface area contributed by atoms with Gasteiger partial charge in [0.2, 0.25) is 5.95 Å². The molecule has 0 spiro atoms. The number of nitrogens with zero attached hydrogens (tertiary/aromatic N) is 5. The predicted octanol–water partition coefficient (Wildman–Crippen LogP) is 2.10. The van der Waals surface area contributed by atoms with E-state index < -0.39 is 0 Å². The van der Waals surface area contributed by atoms with Gasteiger partial charge in [-0.25, -0.2) is 4.98 Å². The first-order valence-corrected chi connectivity index (χ1v) is 7.89. The fourth-order valence-electron chi connectivity index (χ4n) is 2.82. The van der Waals surface area contributed by atoms with Crippen LogP contribution in [0.2, 0.25) is 0 Å². The number of pyridine rings is 1. The summed E-state index contributed by atoms with van der Waals surface area (Å²) in [5.74, 6) is 1.70. The van der Waals surface area contributed by atoms with Gasteiger partial charge in [0.15, 0.2) is 5.65 Å². The average Bonchev–Trinajstić information content (AvgIpc) is 2.54. The maximum Gasteiger partial charge on any atom is 0.229 e. The minimum atomic E-state index is 0.277. The van der Waals surface area contributed by atoms with Gasteiger partial charge >= 0.3 is 0 Å². The Hall–Kier alpha value is -1.95. The van der Waals surface area contributed by atoms with E-state index >= 15 is 0 Å². The normalized spacial score (nSPS) is 18.7. The number of rotatable bonds is 4. The topological polar surface area (TPSA) is 54.4 Å². The van der Waals surface area contributed by atoms with Crippen LogP contribution in [0, 0.1) is 0 Å². The van der Waals surface area contributed by atoms with Gasteiger partial charge in [0, 0.05) is 26.3 Å². The second-order valence-corrected chi connectivity index (χ2v) is 5.76. The maximum absolute atomic E-state index is 5.51. The number of hydrogen-bond acceptors (Lipinski definition) is 6. The minimum Gasteiger partial charge on any atom is -0.377 e. The van der Waals surface area contributed by atoms with Gasteiger partial charge in [-0.3, -0.25) is 0 Å². The first kappa shape index (κ1) is 15.0. The molecule has 2 aromatic heterocycles. The minimum absolute atomic E-state index is 0.277. The van der Waals surface area contributed by atoms with Gasteiger partial charge < -0.3 is 14.5 Å². The molecule has 3 heterocycles. The molecule has 1 fully saturated rings. The Bertz CT molecular complexity index is 647. The van der Waals surface area contributed by atoms with Gasteiger partial charge in [-0.15, -0.1) is 0 Å². The second-order valence-electron chi connectivity index (χ2n) is 5.76. The second kappa shape index (κ2) is 6.44. The summed E-state index contributed by atoms with van der Waals surface area (Å²) in [6.07, 6.45) is 2.86. The van der Waals surface area contributed by atoms with E-state index in [4.69, 9.17) is 9.72 Å². The van der Waals surface area contributed by atoms with Crippen molar-refractivity contribution in [1.29, 1.82) is 0 Å². The molecule has 0 aromatic carbocycles. The molecule has 1 atom stereocenters. The van der Waals surface area contributed by atoms with Crippen LogP contribution in [0.5, 0.6) is 0 Å². The van der Waals surface area contributed by atoms with E-state index in [0.29, 0.717) is 13.2 Å². The van der Waals surface area contributed by atoms with Crippen LogP contribution in [0.1, 0.15) is 20.3 Å². The molecule has 0 saturated carbocycles. The molecule has 3 rings (SSSR count). The van der Waals surface area contributed by atoms with Crippen LogP contribution in [-0.4, -0.2) is 54.3 Å². The lowest BCUT2D eigenvalue weighted by molar-refractivity contribution is 0.0981. The van der Waals surface area contributed by atoms with Gasteiger partial charge in [0.05, 0.1) is 24.6 Å². The highest BCUT2D eigenvalue weighted by atomic mass is 16.5. The molecule has 22 heavy (non-hydrogen) atoms. The fraction of sp³-hybridized carbons (Fsp3) is 0.562. The van der Waals surface area contributed by atoms with Crippen LogP contribution in [0.3, 0.4) is 0 Å². The molecule has 0 radical (unpaired) electrons. The lowest BCUT2D eigenvalue weighted by atomic mass is 10.2. The molecule has 1 saturated heterocycles. The lowest BCUT2D eigenvalue weighted by Gasteiger charge is -2.34. The standard InChI is InChI=1S/C16H23N5O/c1-4-8-20(3)15-13-6-5-7-17-14(13)18-16(19-15)21-9-10-22-11-12(21)2/h5-7,12H,4,8-11H2,1-3H3/t12-/m1/s1. The zero-order valence-corrected chi connectivity index (χ0v) is 13.5. The van der Waals surface area contributed by atoms with Gasteiger partial charge in [-0.2, -0.15) is 9.97 Å². The van der Waals surface area contributed by atoms with Crippen molar-refractivity contribution in [3.8, 4) is 0 Å². The Balaban J connectivity index is 2.07. The molecule has 6 heteroatoms. The van der Waals surface area contributed by atoms with Crippen LogP contribution >= 0.6 is 0 Å². The number of morpholine rings is 1. The van der Waals surface area contributed by atoms with Crippen molar-refractivity contribution in [2.45, 2.75) is 26.3 Å². The van der Waals surface area contributed by atoms with E-state index in [1.165, 1.54) is 0 Å². The number of anilines is 2. The quantitative estimate of drug-likeness (QED) is 0.862. The Morgan fingerprint density at radius 3 is 3.05 bits per heavy atom. The predicted molar refractivity (Wildman–Crippen MR) is 88.5 cm³/mol. The first-order valence-electron chi connectivity index (χ1n) is 7.89. The number of fused-ring (bicyclic) bond motifs is 1. The molecular formula is C16H23N5O. The van der Waals surface area contributed by atoms with Crippen molar-refractivity contribution in [1.82, 2.24) is 15.0 Å². The Morgan fingerprint density at radius 1 is 1.41 bits per heavy atom. The zero-order valence-electron chi connectivity index (χ0n) is 13.5. The van der Waals surface area contributed by atoms with Crippen LogP contribution in [0.25, 0.3) is 11.0 Å². The Kier molecular flexibility index (Phi) is 4.38. The van der Waals surface area contributed by atoms with E-state index in [2.05, 4.69) is 40.7 Å². The lowest BCUT2D eigenvalue weighted by Crippen LogP contribution is -2.44. The average molecular weight is 301 g/mol. The molecule has 0 unspecified atom stereocenters.